The van der Waals surface area contributed by atoms with Gasteiger partial charge >= 0.3 is 0 Å². The number of ketones is 1. The molecule has 1 saturated heterocycles. The molecule has 0 amide bonds. The predicted octanol–water partition coefficient (Wildman–Crippen LogP) is 5.88. The minimum Gasteiger partial charge on any atom is -0.376 e. The maximum Gasteiger partial charge on any atom is 0.192 e. The SMILES string of the molecule is CC(C)(C)c1ccc(C(=O)CSc2nnc(-c3c[nH]c4ccccc34)n2CC2CCCO2)cc1. The summed E-state index contributed by atoms with van der Waals surface area (Å²) < 4.78 is 8.03. The highest BCUT2D eigenvalue weighted by molar-refractivity contribution is 7.99. The van der Waals surface area contributed by atoms with Crippen molar-refractivity contribution in [1.29, 1.82) is 0 Å². The van der Waals surface area contributed by atoms with Crippen molar-refractivity contribution in [2.45, 2.75) is 56.8 Å². The van der Waals surface area contributed by atoms with E-state index < -0.39 is 0 Å². The van der Waals surface area contributed by atoms with Crippen molar-refractivity contribution in [1.82, 2.24) is 19.7 Å². The molecule has 1 aliphatic heterocycles. The Balaban J connectivity index is 1.39. The highest BCUT2D eigenvalue weighted by Gasteiger charge is 2.24. The number of fused-ring (bicyclic) bond motifs is 1. The fraction of sp³-hybridized carbons (Fsp3) is 0.370. The topological polar surface area (TPSA) is 72.8 Å². The van der Waals surface area contributed by atoms with Crippen molar-refractivity contribution < 1.29 is 9.53 Å². The monoisotopic (exact) mass is 474 g/mol. The first-order valence-electron chi connectivity index (χ1n) is 11.8. The molecule has 5 rings (SSSR count). The number of hydrogen-bond donors (Lipinski definition) is 1. The van der Waals surface area contributed by atoms with Gasteiger partial charge < -0.3 is 9.72 Å². The van der Waals surface area contributed by atoms with E-state index in [9.17, 15) is 4.79 Å². The molecule has 4 aromatic rings. The fourth-order valence-corrected chi connectivity index (χ4v) is 5.22. The molecular formula is C27H30N4O2S. The first kappa shape index (κ1) is 22.9. The highest BCUT2D eigenvalue weighted by atomic mass is 32.2. The van der Waals surface area contributed by atoms with E-state index in [0.717, 1.165) is 52.5 Å². The fourth-order valence-electron chi connectivity index (χ4n) is 4.38. The summed E-state index contributed by atoms with van der Waals surface area (Å²) in [4.78, 5) is 16.3. The molecule has 2 aromatic carbocycles. The average molecular weight is 475 g/mol. The van der Waals surface area contributed by atoms with E-state index in [-0.39, 0.29) is 17.3 Å². The summed E-state index contributed by atoms with van der Waals surface area (Å²) in [5.41, 5.74) is 4.08. The Morgan fingerprint density at radius 1 is 1.15 bits per heavy atom. The summed E-state index contributed by atoms with van der Waals surface area (Å²) in [6, 6.07) is 16.1. The molecule has 0 bridgehead atoms. The zero-order valence-electron chi connectivity index (χ0n) is 19.9. The van der Waals surface area contributed by atoms with E-state index in [2.05, 4.69) is 52.7 Å². The van der Waals surface area contributed by atoms with E-state index in [1.165, 1.54) is 17.3 Å². The van der Waals surface area contributed by atoms with Crippen LogP contribution in [0.5, 0.6) is 0 Å². The number of rotatable bonds is 7. The second kappa shape index (κ2) is 9.39. The Morgan fingerprint density at radius 3 is 2.68 bits per heavy atom. The number of nitrogens with zero attached hydrogens (tertiary/aromatic N) is 3. The van der Waals surface area contributed by atoms with Crippen LogP contribution in [-0.4, -0.2) is 44.0 Å². The molecule has 0 radical (unpaired) electrons. The number of benzene rings is 2. The number of H-pyrrole nitrogens is 1. The van der Waals surface area contributed by atoms with E-state index in [4.69, 9.17) is 4.74 Å². The standard InChI is InChI=1S/C27H30N4O2S/c1-27(2,3)19-12-10-18(11-13-19)24(32)17-34-26-30-29-25(31(26)16-20-7-6-14-33-20)22-15-28-23-9-5-4-8-21(22)23/h4-5,8-13,15,20,28H,6-7,14,16-17H2,1-3H3. The van der Waals surface area contributed by atoms with Crippen LogP contribution in [0.2, 0.25) is 0 Å². The molecule has 0 spiro atoms. The molecule has 176 valence electrons. The van der Waals surface area contributed by atoms with E-state index in [1.807, 2.05) is 42.6 Å². The number of ether oxygens (including phenoxy) is 1. The summed E-state index contributed by atoms with van der Waals surface area (Å²) >= 11 is 1.44. The van der Waals surface area contributed by atoms with Crippen LogP contribution in [0, 0.1) is 0 Å². The van der Waals surface area contributed by atoms with Crippen LogP contribution in [-0.2, 0) is 16.7 Å². The Hall–Kier alpha value is -2.90. The van der Waals surface area contributed by atoms with E-state index in [1.54, 1.807) is 0 Å². The van der Waals surface area contributed by atoms with E-state index >= 15 is 0 Å². The van der Waals surface area contributed by atoms with Crippen molar-refractivity contribution in [3.8, 4) is 11.4 Å². The lowest BCUT2D eigenvalue weighted by Gasteiger charge is -2.19. The summed E-state index contributed by atoms with van der Waals surface area (Å²) in [5, 5.41) is 10.9. The van der Waals surface area contributed by atoms with E-state index in [0.29, 0.717) is 12.3 Å². The zero-order valence-corrected chi connectivity index (χ0v) is 20.7. The Bertz CT molecular complexity index is 1290. The van der Waals surface area contributed by atoms with Crippen LogP contribution in [0.4, 0.5) is 0 Å². The van der Waals surface area contributed by atoms with Gasteiger partial charge in [-0.05, 0) is 29.9 Å². The molecular weight excluding hydrogens is 444 g/mol. The molecule has 7 heteroatoms. The second-order valence-electron chi connectivity index (χ2n) is 9.84. The minimum absolute atomic E-state index is 0.0634. The van der Waals surface area contributed by atoms with Crippen LogP contribution < -0.4 is 0 Å². The van der Waals surface area contributed by atoms with Gasteiger partial charge in [0, 0.05) is 34.8 Å². The Labute approximate surface area is 204 Å². The number of carbonyl (C=O) groups excluding carboxylic acids is 1. The Kier molecular flexibility index (Phi) is 6.32. The van der Waals surface area contributed by atoms with Crippen LogP contribution in [0.1, 0.15) is 49.5 Å². The van der Waals surface area contributed by atoms with Crippen LogP contribution in [0.15, 0.2) is 59.9 Å². The number of Topliss-reactive ketones (excluding diaryl/α,β-unsaturated/α-hetero) is 1. The number of nitrogens with one attached hydrogen (secondary N) is 1. The molecule has 1 aliphatic rings. The van der Waals surface area contributed by atoms with Gasteiger partial charge in [-0.25, -0.2) is 0 Å². The third-order valence-electron chi connectivity index (χ3n) is 6.36. The normalized spacial score (nSPS) is 16.4. The smallest absolute Gasteiger partial charge is 0.192 e. The lowest BCUT2D eigenvalue weighted by Crippen LogP contribution is -2.17. The molecule has 34 heavy (non-hydrogen) atoms. The quantitative estimate of drug-likeness (QED) is 0.268. The van der Waals surface area contributed by atoms with Gasteiger partial charge in [0.1, 0.15) is 0 Å². The van der Waals surface area contributed by atoms with Crippen molar-refractivity contribution in [2.24, 2.45) is 0 Å². The van der Waals surface area contributed by atoms with Crippen molar-refractivity contribution >= 4 is 28.4 Å². The molecule has 1 unspecified atom stereocenters. The second-order valence-corrected chi connectivity index (χ2v) is 10.8. The number of thioether (sulfide) groups is 1. The van der Waals surface area contributed by atoms with Gasteiger partial charge in [-0.3, -0.25) is 9.36 Å². The maximum absolute atomic E-state index is 12.9. The lowest BCUT2D eigenvalue weighted by atomic mass is 9.86. The summed E-state index contributed by atoms with van der Waals surface area (Å²) in [7, 11) is 0. The number of para-hydroxylation sites is 1. The first-order chi connectivity index (χ1) is 16.4. The van der Waals surface area contributed by atoms with Crippen LogP contribution in [0.3, 0.4) is 0 Å². The maximum atomic E-state index is 12.9. The minimum atomic E-state index is 0.0634. The van der Waals surface area contributed by atoms with Crippen molar-refractivity contribution in [3.63, 3.8) is 0 Å². The summed E-state index contributed by atoms with van der Waals surface area (Å²) in [6.45, 7) is 7.99. The van der Waals surface area contributed by atoms with Crippen molar-refractivity contribution in [2.75, 3.05) is 12.4 Å². The van der Waals surface area contributed by atoms with Gasteiger partial charge in [-0.2, -0.15) is 0 Å². The number of aromatic amines is 1. The van der Waals surface area contributed by atoms with Crippen LogP contribution >= 0.6 is 11.8 Å². The summed E-state index contributed by atoms with van der Waals surface area (Å²) in [6.07, 6.45) is 4.21. The molecule has 2 aromatic heterocycles. The van der Waals surface area contributed by atoms with Gasteiger partial charge in [0.15, 0.2) is 16.8 Å². The zero-order chi connectivity index (χ0) is 23.7. The number of aromatic nitrogens is 4. The van der Waals surface area contributed by atoms with Gasteiger partial charge in [0.2, 0.25) is 0 Å². The largest absolute Gasteiger partial charge is 0.376 e. The van der Waals surface area contributed by atoms with Gasteiger partial charge in [0.05, 0.1) is 18.4 Å². The summed E-state index contributed by atoms with van der Waals surface area (Å²) in [5.74, 6) is 1.20. The third kappa shape index (κ3) is 4.68. The molecule has 6 nitrogen and oxygen atoms in total. The molecule has 0 saturated carbocycles. The molecule has 1 N–H and O–H groups in total. The van der Waals surface area contributed by atoms with Crippen LogP contribution in [0.25, 0.3) is 22.3 Å². The molecule has 1 fully saturated rings. The van der Waals surface area contributed by atoms with Gasteiger partial charge in [0.25, 0.3) is 0 Å². The lowest BCUT2D eigenvalue weighted by molar-refractivity contribution is 0.0953. The molecule has 3 heterocycles. The number of carbonyl (C=O) groups is 1. The first-order valence-corrected chi connectivity index (χ1v) is 12.8. The molecule has 1 atom stereocenters. The molecule has 0 aliphatic carbocycles. The van der Waals surface area contributed by atoms with Gasteiger partial charge in [-0.15, -0.1) is 10.2 Å². The average Bonchev–Trinajstić information content (AvgIpc) is 3.57. The predicted molar refractivity (Wildman–Crippen MR) is 136 cm³/mol. The number of hydrogen-bond acceptors (Lipinski definition) is 5. The third-order valence-corrected chi connectivity index (χ3v) is 7.33. The highest BCUT2D eigenvalue weighted by Crippen LogP contribution is 2.31. The Morgan fingerprint density at radius 2 is 1.94 bits per heavy atom. The van der Waals surface area contributed by atoms with Gasteiger partial charge in [-0.1, -0.05) is 75.0 Å². The van der Waals surface area contributed by atoms with Crippen molar-refractivity contribution in [3.05, 3.63) is 65.9 Å².